The molecular formula is C23H25ClF3N5O5S. The van der Waals surface area contributed by atoms with Gasteiger partial charge in [-0.15, -0.1) is 0 Å². The average molecular weight is 576 g/mol. The summed E-state index contributed by atoms with van der Waals surface area (Å²) in [4.78, 5) is 12.4. The third-order valence-electron chi connectivity index (χ3n) is 6.49. The summed E-state index contributed by atoms with van der Waals surface area (Å²) >= 11 is 6.25. The number of alkyl halides is 3. The molecule has 0 radical (unpaired) electrons. The molecule has 2 saturated heterocycles. The SMILES string of the molecule is N#Cc1ccc(OC(F)F)c(S(=O)(=O)N2CCC(n3ncc(NC[C@@]4(F)CCCOC4)c(Cl)c3=O)CC2)c1. The van der Waals surface area contributed by atoms with Gasteiger partial charge in [-0.3, -0.25) is 4.79 Å². The second kappa shape index (κ2) is 11.5. The molecule has 15 heteroatoms. The van der Waals surface area contributed by atoms with E-state index in [9.17, 15) is 26.4 Å². The number of halogens is 4. The van der Waals surface area contributed by atoms with Gasteiger partial charge in [0.05, 0.1) is 42.7 Å². The number of aromatic nitrogens is 2. The maximum Gasteiger partial charge on any atom is 0.387 e. The van der Waals surface area contributed by atoms with Crippen LogP contribution in [-0.2, 0) is 14.8 Å². The van der Waals surface area contributed by atoms with Crippen LogP contribution in [-0.4, -0.2) is 67.6 Å². The maximum absolute atomic E-state index is 14.8. The van der Waals surface area contributed by atoms with Crippen LogP contribution in [0, 0.1) is 11.3 Å². The molecule has 0 aliphatic carbocycles. The highest BCUT2D eigenvalue weighted by molar-refractivity contribution is 7.89. The van der Waals surface area contributed by atoms with Crippen molar-refractivity contribution >= 4 is 27.3 Å². The van der Waals surface area contributed by atoms with Gasteiger partial charge >= 0.3 is 6.61 Å². The fraction of sp³-hybridized carbons (Fsp3) is 0.522. The van der Waals surface area contributed by atoms with Gasteiger partial charge in [0.25, 0.3) is 5.56 Å². The second-order valence-corrected chi connectivity index (χ2v) is 11.4. The van der Waals surface area contributed by atoms with Gasteiger partial charge < -0.3 is 14.8 Å². The largest absolute Gasteiger partial charge is 0.433 e. The number of nitrogens with one attached hydrogen (secondary N) is 1. The summed E-state index contributed by atoms with van der Waals surface area (Å²) < 4.78 is 78.7. The normalized spacial score (nSPS) is 21.3. The highest BCUT2D eigenvalue weighted by Crippen LogP contribution is 2.33. The topological polar surface area (TPSA) is 127 Å². The lowest BCUT2D eigenvalue weighted by Gasteiger charge is -2.32. The number of rotatable bonds is 8. The molecule has 1 aromatic carbocycles. The van der Waals surface area contributed by atoms with Crippen molar-refractivity contribution in [3.63, 3.8) is 0 Å². The van der Waals surface area contributed by atoms with Crippen LogP contribution in [0.15, 0.2) is 34.1 Å². The zero-order valence-electron chi connectivity index (χ0n) is 20.1. The summed E-state index contributed by atoms with van der Waals surface area (Å²) in [5, 5.41) is 15.9. The van der Waals surface area contributed by atoms with Crippen LogP contribution in [0.2, 0.25) is 5.02 Å². The van der Waals surface area contributed by atoms with Gasteiger partial charge in [0.2, 0.25) is 10.0 Å². The van der Waals surface area contributed by atoms with E-state index in [0.717, 1.165) is 21.1 Å². The Kier molecular flexibility index (Phi) is 8.51. The number of anilines is 1. The van der Waals surface area contributed by atoms with Crippen LogP contribution in [0.4, 0.5) is 18.9 Å². The van der Waals surface area contributed by atoms with Crippen molar-refractivity contribution in [2.45, 2.75) is 48.9 Å². The first-order chi connectivity index (χ1) is 18.0. The summed E-state index contributed by atoms with van der Waals surface area (Å²) in [5.41, 5.74) is -2.05. The lowest BCUT2D eigenvalue weighted by atomic mass is 9.99. The number of ether oxygens (including phenoxy) is 2. The van der Waals surface area contributed by atoms with Gasteiger partial charge in [-0.2, -0.15) is 23.4 Å². The van der Waals surface area contributed by atoms with Crippen molar-refractivity contribution in [3.05, 3.63) is 45.3 Å². The highest BCUT2D eigenvalue weighted by Gasteiger charge is 2.35. The molecule has 10 nitrogen and oxygen atoms in total. The van der Waals surface area contributed by atoms with Crippen LogP contribution in [0.5, 0.6) is 5.75 Å². The molecule has 4 rings (SSSR count). The molecular weight excluding hydrogens is 551 g/mol. The lowest BCUT2D eigenvalue weighted by Crippen LogP contribution is -2.42. The highest BCUT2D eigenvalue weighted by atomic mass is 35.5. The van der Waals surface area contributed by atoms with Crippen LogP contribution in [0.25, 0.3) is 0 Å². The molecule has 1 atom stereocenters. The molecule has 0 unspecified atom stereocenters. The van der Waals surface area contributed by atoms with Crippen LogP contribution < -0.4 is 15.6 Å². The number of hydrogen-bond acceptors (Lipinski definition) is 8. The van der Waals surface area contributed by atoms with E-state index in [1.807, 2.05) is 0 Å². The molecule has 1 N–H and O–H groups in total. The number of nitriles is 1. The zero-order chi connectivity index (χ0) is 27.5. The quantitative estimate of drug-likeness (QED) is 0.508. The molecule has 2 aliphatic heterocycles. The van der Waals surface area contributed by atoms with E-state index in [-0.39, 0.29) is 55.4 Å². The third kappa shape index (κ3) is 6.06. The molecule has 3 heterocycles. The van der Waals surface area contributed by atoms with Gasteiger partial charge in [-0.1, -0.05) is 11.6 Å². The monoisotopic (exact) mass is 575 g/mol. The predicted octanol–water partition coefficient (Wildman–Crippen LogP) is 3.33. The molecule has 2 fully saturated rings. The molecule has 206 valence electrons. The first-order valence-electron chi connectivity index (χ1n) is 11.8. The van der Waals surface area contributed by atoms with Gasteiger partial charge in [0, 0.05) is 19.7 Å². The Labute approximate surface area is 221 Å². The minimum absolute atomic E-state index is 0.0335. The molecule has 0 amide bonds. The lowest BCUT2D eigenvalue weighted by molar-refractivity contribution is -0.0518. The summed E-state index contributed by atoms with van der Waals surface area (Å²) in [5.74, 6) is -0.566. The molecule has 2 aliphatic rings. The van der Waals surface area contributed by atoms with Crippen molar-refractivity contribution in [2.75, 3.05) is 38.2 Å². The Morgan fingerprint density at radius 3 is 2.71 bits per heavy atom. The number of piperidine rings is 1. The molecule has 0 saturated carbocycles. The minimum atomic E-state index is -4.29. The van der Waals surface area contributed by atoms with E-state index < -0.39 is 44.5 Å². The fourth-order valence-corrected chi connectivity index (χ4v) is 6.30. The Balaban J connectivity index is 1.46. The summed E-state index contributed by atoms with van der Waals surface area (Å²) in [6.45, 7) is -3.00. The van der Waals surface area contributed by atoms with Crippen LogP contribution >= 0.6 is 11.6 Å². The predicted molar refractivity (Wildman–Crippen MR) is 131 cm³/mol. The Morgan fingerprint density at radius 2 is 2.08 bits per heavy atom. The summed E-state index contributed by atoms with van der Waals surface area (Å²) in [6, 6.07) is 4.47. The standard InChI is InChI=1S/C23H25ClF3N5O5S/c24-20-17(29-13-23(27)6-1-9-36-14-23)12-30-32(21(20)33)16-4-7-31(8-5-16)38(34,35)19-10-15(11-28)2-3-18(19)37-22(25)26/h2-3,10,12,16,22,29H,1,4-9,13-14H2/t23-/m0/s1. The second-order valence-electron chi connectivity index (χ2n) is 9.07. The van der Waals surface area contributed by atoms with Gasteiger partial charge in [-0.25, -0.2) is 17.5 Å². The zero-order valence-corrected chi connectivity index (χ0v) is 21.7. The van der Waals surface area contributed by atoms with Crippen molar-refractivity contribution in [1.29, 1.82) is 5.26 Å². The van der Waals surface area contributed by atoms with Gasteiger partial charge in [0.15, 0.2) is 5.67 Å². The number of hydrogen-bond donors (Lipinski definition) is 1. The number of sulfonamides is 1. The van der Waals surface area contributed by atoms with E-state index in [0.29, 0.717) is 19.4 Å². The third-order valence-corrected chi connectivity index (χ3v) is 8.77. The Hall–Kier alpha value is -2.86. The molecule has 2 aromatic rings. The van der Waals surface area contributed by atoms with Crippen molar-refractivity contribution in [1.82, 2.24) is 14.1 Å². The van der Waals surface area contributed by atoms with E-state index in [1.54, 1.807) is 6.07 Å². The molecule has 1 aromatic heterocycles. The summed E-state index contributed by atoms with van der Waals surface area (Å²) in [6.07, 6.45) is 2.60. The van der Waals surface area contributed by atoms with Crippen molar-refractivity contribution < 1.29 is 31.1 Å². The first kappa shape index (κ1) is 28.2. The van der Waals surface area contributed by atoms with Gasteiger partial charge in [0.1, 0.15) is 15.7 Å². The molecule has 0 spiro atoms. The van der Waals surface area contributed by atoms with Crippen molar-refractivity contribution in [2.24, 2.45) is 0 Å². The van der Waals surface area contributed by atoms with Gasteiger partial charge in [-0.05, 0) is 43.9 Å². The van der Waals surface area contributed by atoms with E-state index in [1.165, 1.54) is 12.3 Å². The number of benzene rings is 1. The summed E-state index contributed by atoms with van der Waals surface area (Å²) in [7, 11) is -4.29. The average Bonchev–Trinajstić information content (AvgIpc) is 2.90. The van der Waals surface area contributed by atoms with E-state index in [4.69, 9.17) is 21.6 Å². The molecule has 0 bridgehead atoms. The van der Waals surface area contributed by atoms with E-state index >= 15 is 0 Å². The Morgan fingerprint density at radius 1 is 1.34 bits per heavy atom. The molecule has 38 heavy (non-hydrogen) atoms. The first-order valence-corrected chi connectivity index (χ1v) is 13.6. The van der Waals surface area contributed by atoms with Crippen LogP contribution in [0.1, 0.15) is 37.3 Å². The van der Waals surface area contributed by atoms with Crippen molar-refractivity contribution in [3.8, 4) is 11.8 Å². The fourth-order valence-electron chi connectivity index (χ4n) is 4.48. The maximum atomic E-state index is 14.8. The van der Waals surface area contributed by atoms with Crippen LogP contribution in [0.3, 0.4) is 0 Å². The minimum Gasteiger partial charge on any atom is -0.433 e. The smallest absolute Gasteiger partial charge is 0.387 e. The van der Waals surface area contributed by atoms with E-state index in [2.05, 4.69) is 15.2 Å². The number of nitrogens with zero attached hydrogens (tertiary/aromatic N) is 4. The Bertz CT molecular complexity index is 1370.